The van der Waals surface area contributed by atoms with E-state index < -0.39 is 5.54 Å². The lowest BCUT2D eigenvalue weighted by molar-refractivity contribution is -0.149. The number of piperazine rings is 1. The Labute approximate surface area is 103 Å². The average Bonchev–Trinajstić information content (AvgIpc) is 2.81. The van der Waals surface area contributed by atoms with E-state index >= 15 is 0 Å². The number of methoxy groups -OCH3 is 1. The first kappa shape index (κ1) is 12.8. The monoisotopic (exact) mass is 241 g/mol. The van der Waals surface area contributed by atoms with Crippen LogP contribution in [0.2, 0.25) is 0 Å². The fourth-order valence-corrected chi connectivity index (χ4v) is 2.76. The fraction of sp³-hybridized carbons (Fsp3) is 0.917. The third-order valence-electron chi connectivity index (χ3n) is 3.91. The summed E-state index contributed by atoms with van der Waals surface area (Å²) in [6.45, 7) is 5.94. The van der Waals surface area contributed by atoms with Gasteiger partial charge >= 0.3 is 5.97 Å². The van der Waals surface area contributed by atoms with Crippen LogP contribution in [0.4, 0.5) is 0 Å². The van der Waals surface area contributed by atoms with Gasteiger partial charge in [0.15, 0.2) is 0 Å². The number of carbonyl (C=O) groups is 1. The van der Waals surface area contributed by atoms with Gasteiger partial charge in [-0.25, -0.2) is 0 Å². The normalized spacial score (nSPS) is 31.6. The average molecular weight is 241 g/mol. The first-order valence-electron chi connectivity index (χ1n) is 6.41. The maximum absolute atomic E-state index is 12.0. The highest BCUT2D eigenvalue weighted by Crippen LogP contribution is 2.22. The first-order valence-corrected chi connectivity index (χ1v) is 6.41. The standard InChI is InChI=1S/C12H23N3O2/c1-14-6-8-15(9-7-14)10-12(11(16)17-2)4-3-5-13-12/h13H,3-10H2,1-2H3. The van der Waals surface area contributed by atoms with Crippen molar-refractivity contribution in [2.24, 2.45) is 0 Å². The number of nitrogens with zero attached hydrogens (tertiary/aromatic N) is 2. The molecule has 17 heavy (non-hydrogen) atoms. The van der Waals surface area contributed by atoms with Crippen LogP contribution in [0.3, 0.4) is 0 Å². The highest BCUT2D eigenvalue weighted by atomic mass is 16.5. The van der Waals surface area contributed by atoms with Crippen LogP contribution in [0.15, 0.2) is 0 Å². The predicted octanol–water partition coefficient (Wildman–Crippen LogP) is -0.471. The molecule has 0 amide bonds. The summed E-state index contributed by atoms with van der Waals surface area (Å²) < 4.78 is 4.96. The molecule has 1 N–H and O–H groups in total. The van der Waals surface area contributed by atoms with Crippen LogP contribution < -0.4 is 5.32 Å². The van der Waals surface area contributed by atoms with Gasteiger partial charge < -0.3 is 15.0 Å². The Morgan fingerprint density at radius 3 is 2.59 bits per heavy atom. The quantitative estimate of drug-likeness (QED) is 0.677. The van der Waals surface area contributed by atoms with E-state index in [-0.39, 0.29) is 5.97 Å². The smallest absolute Gasteiger partial charge is 0.327 e. The van der Waals surface area contributed by atoms with Crippen LogP contribution in [-0.4, -0.2) is 74.7 Å². The molecular formula is C12H23N3O2. The SMILES string of the molecule is COC(=O)C1(CN2CCN(C)CC2)CCCN1. The Balaban J connectivity index is 1.96. The maximum Gasteiger partial charge on any atom is 0.327 e. The number of likely N-dealkylation sites (N-methyl/N-ethyl adjacent to an activating group) is 1. The molecule has 0 saturated carbocycles. The van der Waals surface area contributed by atoms with Crippen molar-refractivity contribution in [2.45, 2.75) is 18.4 Å². The number of esters is 1. The van der Waals surface area contributed by atoms with Crippen molar-refractivity contribution in [3.8, 4) is 0 Å². The number of carbonyl (C=O) groups excluding carboxylic acids is 1. The fourth-order valence-electron chi connectivity index (χ4n) is 2.76. The van der Waals surface area contributed by atoms with Gasteiger partial charge in [0.05, 0.1) is 7.11 Å². The molecule has 2 heterocycles. The van der Waals surface area contributed by atoms with Gasteiger partial charge in [-0.2, -0.15) is 0 Å². The largest absolute Gasteiger partial charge is 0.468 e. The van der Waals surface area contributed by atoms with Crippen LogP contribution >= 0.6 is 0 Å². The number of rotatable bonds is 3. The van der Waals surface area contributed by atoms with Crippen LogP contribution in [0.5, 0.6) is 0 Å². The summed E-state index contributed by atoms with van der Waals surface area (Å²) in [5.41, 5.74) is -0.454. The number of hydrogen-bond acceptors (Lipinski definition) is 5. The molecular weight excluding hydrogens is 218 g/mol. The molecule has 2 aliphatic heterocycles. The van der Waals surface area contributed by atoms with Gasteiger partial charge in [-0.05, 0) is 26.4 Å². The number of hydrogen-bond donors (Lipinski definition) is 1. The van der Waals surface area contributed by atoms with Gasteiger partial charge in [-0.1, -0.05) is 0 Å². The predicted molar refractivity (Wildman–Crippen MR) is 65.9 cm³/mol. The summed E-state index contributed by atoms with van der Waals surface area (Å²) in [6.07, 6.45) is 1.95. The van der Waals surface area contributed by atoms with E-state index in [0.717, 1.165) is 52.1 Å². The van der Waals surface area contributed by atoms with E-state index in [1.165, 1.54) is 7.11 Å². The molecule has 5 heteroatoms. The van der Waals surface area contributed by atoms with E-state index in [2.05, 4.69) is 22.2 Å². The van der Waals surface area contributed by atoms with Crippen molar-refractivity contribution in [1.82, 2.24) is 15.1 Å². The highest BCUT2D eigenvalue weighted by Gasteiger charge is 2.43. The second-order valence-corrected chi connectivity index (χ2v) is 5.18. The minimum Gasteiger partial charge on any atom is -0.468 e. The lowest BCUT2D eigenvalue weighted by Gasteiger charge is -2.37. The zero-order valence-corrected chi connectivity index (χ0v) is 10.9. The van der Waals surface area contributed by atoms with Crippen molar-refractivity contribution >= 4 is 5.97 Å². The van der Waals surface area contributed by atoms with E-state index in [4.69, 9.17) is 4.74 Å². The molecule has 0 spiro atoms. The van der Waals surface area contributed by atoms with Gasteiger partial charge in [0.2, 0.25) is 0 Å². The molecule has 2 saturated heterocycles. The summed E-state index contributed by atoms with van der Waals surface area (Å²) in [4.78, 5) is 16.6. The Hall–Kier alpha value is -0.650. The first-order chi connectivity index (χ1) is 8.16. The molecule has 2 rings (SSSR count). The summed E-state index contributed by atoms with van der Waals surface area (Å²) >= 11 is 0. The minimum absolute atomic E-state index is 0.103. The van der Waals surface area contributed by atoms with Gasteiger partial charge in [0.1, 0.15) is 5.54 Å². The Kier molecular flexibility index (Phi) is 4.01. The Morgan fingerprint density at radius 1 is 1.35 bits per heavy atom. The maximum atomic E-state index is 12.0. The van der Waals surface area contributed by atoms with Crippen LogP contribution in [0, 0.1) is 0 Å². The third-order valence-corrected chi connectivity index (χ3v) is 3.91. The molecule has 2 fully saturated rings. The van der Waals surface area contributed by atoms with Gasteiger partial charge in [-0.3, -0.25) is 9.69 Å². The number of nitrogens with one attached hydrogen (secondary N) is 1. The molecule has 0 bridgehead atoms. The number of ether oxygens (including phenoxy) is 1. The van der Waals surface area contributed by atoms with Crippen LogP contribution in [0.1, 0.15) is 12.8 Å². The van der Waals surface area contributed by atoms with E-state index in [1.807, 2.05) is 0 Å². The lowest BCUT2D eigenvalue weighted by atomic mass is 9.96. The topological polar surface area (TPSA) is 44.8 Å². The molecule has 0 aliphatic carbocycles. The second kappa shape index (κ2) is 5.33. The van der Waals surface area contributed by atoms with Crippen molar-refractivity contribution < 1.29 is 9.53 Å². The summed E-state index contributed by atoms with van der Waals surface area (Å²) in [7, 11) is 3.62. The Morgan fingerprint density at radius 2 is 2.06 bits per heavy atom. The minimum atomic E-state index is -0.454. The molecule has 1 unspecified atom stereocenters. The summed E-state index contributed by atoms with van der Waals surface area (Å²) in [6, 6.07) is 0. The summed E-state index contributed by atoms with van der Waals surface area (Å²) in [5.74, 6) is -0.103. The van der Waals surface area contributed by atoms with E-state index in [9.17, 15) is 4.79 Å². The van der Waals surface area contributed by atoms with Crippen molar-refractivity contribution in [3.63, 3.8) is 0 Å². The Bertz CT molecular complexity index is 269. The lowest BCUT2D eigenvalue weighted by Crippen LogP contribution is -2.58. The molecule has 0 aromatic rings. The second-order valence-electron chi connectivity index (χ2n) is 5.18. The molecule has 5 nitrogen and oxygen atoms in total. The van der Waals surface area contributed by atoms with Crippen LogP contribution in [0.25, 0.3) is 0 Å². The zero-order chi connectivity index (χ0) is 12.3. The van der Waals surface area contributed by atoms with Gasteiger partial charge in [-0.15, -0.1) is 0 Å². The molecule has 98 valence electrons. The van der Waals surface area contributed by atoms with Crippen LogP contribution in [-0.2, 0) is 9.53 Å². The molecule has 2 aliphatic rings. The van der Waals surface area contributed by atoms with E-state index in [1.54, 1.807) is 0 Å². The van der Waals surface area contributed by atoms with Crippen molar-refractivity contribution in [1.29, 1.82) is 0 Å². The molecule has 0 radical (unpaired) electrons. The zero-order valence-electron chi connectivity index (χ0n) is 10.9. The molecule has 1 atom stereocenters. The van der Waals surface area contributed by atoms with E-state index in [0.29, 0.717) is 0 Å². The molecule has 0 aromatic heterocycles. The van der Waals surface area contributed by atoms with Crippen molar-refractivity contribution in [3.05, 3.63) is 0 Å². The third kappa shape index (κ3) is 2.78. The molecule has 0 aromatic carbocycles. The van der Waals surface area contributed by atoms with Gasteiger partial charge in [0.25, 0.3) is 0 Å². The van der Waals surface area contributed by atoms with Gasteiger partial charge in [0, 0.05) is 32.7 Å². The van der Waals surface area contributed by atoms with Crippen molar-refractivity contribution in [2.75, 3.05) is 53.4 Å². The highest BCUT2D eigenvalue weighted by molar-refractivity contribution is 5.81. The summed E-state index contributed by atoms with van der Waals surface area (Å²) in [5, 5.41) is 3.35.